The van der Waals surface area contributed by atoms with Gasteiger partial charge in [-0.05, 0) is 12.1 Å². The summed E-state index contributed by atoms with van der Waals surface area (Å²) in [5.41, 5.74) is 5.32. The van der Waals surface area contributed by atoms with E-state index in [9.17, 15) is 9.59 Å². The van der Waals surface area contributed by atoms with Crippen LogP contribution in [0, 0.1) is 5.41 Å². The quantitative estimate of drug-likeness (QED) is 0.319. The van der Waals surface area contributed by atoms with Crippen LogP contribution in [0.2, 0.25) is 0 Å². The summed E-state index contributed by atoms with van der Waals surface area (Å²) in [7, 11) is 1.44. The molecule has 0 fully saturated rings. The Balaban J connectivity index is 2.53. The lowest BCUT2D eigenvalue weighted by molar-refractivity contribution is -0.138. The number of carbonyl (C=O) groups is 2. The van der Waals surface area contributed by atoms with Gasteiger partial charge in [-0.1, -0.05) is 0 Å². The highest BCUT2D eigenvalue weighted by atomic mass is 16.6. The first kappa shape index (κ1) is 12.6. The van der Waals surface area contributed by atoms with Gasteiger partial charge in [-0.25, -0.2) is 9.59 Å². The molecule has 0 spiro atoms. The van der Waals surface area contributed by atoms with Crippen molar-refractivity contribution in [3.63, 3.8) is 0 Å². The maximum Gasteiger partial charge on any atom is 0.347 e. The van der Waals surface area contributed by atoms with Gasteiger partial charge < -0.3 is 15.4 Å². The molecule has 1 rings (SSSR count). The predicted molar refractivity (Wildman–Crippen MR) is 59.2 cm³/mol. The molecule has 0 unspecified atom stereocenters. The first-order valence-corrected chi connectivity index (χ1v) is 4.71. The molecule has 0 aliphatic heterocycles. The molecule has 1 aromatic heterocycles. The third-order valence-electron chi connectivity index (χ3n) is 1.88. The van der Waals surface area contributed by atoms with Crippen LogP contribution in [0.4, 0.5) is 0 Å². The number of nitrogens with zero attached hydrogens (tertiary/aromatic N) is 2. The molecule has 0 aliphatic rings. The van der Waals surface area contributed by atoms with Crippen molar-refractivity contribution in [2.45, 2.75) is 0 Å². The Kier molecular flexibility index (Phi) is 4.15. The van der Waals surface area contributed by atoms with Crippen LogP contribution in [0.15, 0.2) is 24.5 Å². The molecule has 3 N–H and O–H groups in total. The second-order valence-corrected chi connectivity index (χ2v) is 3.24. The summed E-state index contributed by atoms with van der Waals surface area (Å²) in [4.78, 5) is 27.6. The van der Waals surface area contributed by atoms with E-state index >= 15 is 0 Å². The number of nitrogens with one attached hydrogen (secondary N) is 1. The second kappa shape index (κ2) is 5.59. The van der Waals surface area contributed by atoms with Gasteiger partial charge >= 0.3 is 11.9 Å². The lowest BCUT2D eigenvalue weighted by Crippen LogP contribution is -2.37. The number of guanidine groups is 1. The topological polar surface area (TPSA) is 109 Å². The summed E-state index contributed by atoms with van der Waals surface area (Å²) in [6.07, 6.45) is 2.80. The van der Waals surface area contributed by atoms with Crippen molar-refractivity contribution in [3.8, 4) is 0 Å². The van der Waals surface area contributed by atoms with Crippen LogP contribution in [0.3, 0.4) is 0 Å². The Hall–Kier alpha value is -2.44. The van der Waals surface area contributed by atoms with Crippen LogP contribution in [-0.4, -0.2) is 41.4 Å². The third-order valence-corrected chi connectivity index (χ3v) is 1.88. The van der Waals surface area contributed by atoms with E-state index in [4.69, 9.17) is 11.1 Å². The number of nitrogens with two attached hydrogens (primary N) is 1. The molecule has 7 nitrogen and oxygen atoms in total. The zero-order valence-electron chi connectivity index (χ0n) is 9.21. The normalized spacial score (nSPS) is 9.47. The number of hydrogen-bond acceptors (Lipinski definition) is 5. The minimum atomic E-state index is -0.781. The molecule has 0 saturated carbocycles. The van der Waals surface area contributed by atoms with Gasteiger partial charge in [0.15, 0.2) is 5.96 Å². The third kappa shape index (κ3) is 3.90. The first-order valence-electron chi connectivity index (χ1n) is 4.71. The van der Waals surface area contributed by atoms with Crippen LogP contribution in [0.1, 0.15) is 10.4 Å². The van der Waals surface area contributed by atoms with E-state index in [1.807, 2.05) is 0 Å². The Morgan fingerprint density at radius 2 is 2.29 bits per heavy atom. The van der Waals surface area contributed by atoms with E-state index < -0.39 is 11.9 Å². The highest BCUT2D eigenvalue weighted by Gasteiger charge is 2.15. The molecule has 1 heterocycles. The van der Waals surface area contributed by atoms with Crippen molar-refractivity contribution in [2.75, 3.05) is 13.6 Å². The fraction of sp³-hybridized carbons (Fsp3) is 0.200. The summed E-state index contributed by atoms with van der Waals surface area (Å²) in [5.74, 6) is -1.84. The summed E-state index contributed by atoms with van der Waals surface area (Å²) in [6, 6.07) is 3.04. The van der Waals surface area contributed by atoms with Crippen LogP contribution >= 0.6 is 0 Å². The van der Waals surface area contributed by atoms with Crippen molar-refractivity contribution in [3.05, 3.63) is 30.1 Å². The van der Waals surface area contributed by atoms with Gasteiger partial charge in [0.1, 0.15) is 6.54 Å². The average molecular weight is 236 g/mol. The lowest BCUT2D eigenvalue weighted by atomic mass is 10.3. The maximum atomic E-state index is 11.4. The van der Waals surface area contributed by atoms with E-state index in [2.05, 4.69) is 9.72 Å². The molecule has 0 amide bonds. The van der Waals surface area contributed by atoms with Crippen molar-refractivity contribution in [2.24, 2.45) is 5.73 Å². The predicted octanol–water partition coefficient (Wildman–Crippen LogP) is -0.410. The molecule has 90 valence electrons. The summed E-state index contributed by atoms with van der Waals surface area (Å²) >= 11 is 0. The number of aromatic nitrogens is 1. The van der Waals surface area contributed by atoms with Crippen molar-refractivity contribution in [1.29, 1.82) is 5.41 Å². The molecule has 0 bridgehead atoms. The monoisotopic (exact) mass is 236 g/mol. The molecular weight excluding hydrogens is 224 g/mol. The van der Waals surface area contributed by atoms with E-state index in [0.29, 0.717) is 0 Å². The standard InChI is InChI=1S/C10H12N4O3/c1-14(10(11)12)6-8(15)17-9(16)7-3-2-4-13-5-7/h2-5H,6H2,1H3,(H3,11,12). The molecule has 0 aliphatic carbocycles. The van der Waals surface area contributed by atoms with Crippen LogP contribution in [-0.2, 0) is 9.53 Å². The average Bonchev–Trinajstić information content (AvgIpc) is 2.29. The molecule has 0 saturated heterocycles. The number of hydrogen-bond donors (Lipinski definition) is 2. The minimum absolute atomic E-state index is 0.186. The zero-order valence-corrected chi connectivity index (χ0v) is 9.21. The van der Waals surface area contributed by atoms with Crippen molar-refractivity contribution >= 4 is 17.9 Å². The number of carbonyl (C=O) groups excluding carboxylic acids is 2. The molecule has 7 heteroatoms. The van der Waals surface area contributed by atoms with E-state index in [1.54, 1.807) is 6.07 Å². The number of likely N-dealkylation sites (N-methyl/N-ethyl adjacent to an activating group) is 1. The highest BCUT2D eigenvalue weighted by molar-refractivity contribution is 5.97. The largest absolute Gasteiger partial charge is 0.388 e. The van der Waals surface area contributed by atoms with Gasteiger partial charge in [-0.3, -0.25) is 10.4 Å². The summed E-state index contributed by atoms with van der Waals surface area (Å²) < 4.78 is 4.55. The second-order valence-electron chi connectivity index (χ2n) is 3.24. The Morgan fingerprint density at radius 1 is 1.59 bits per heavy atom. The van der Waals surface area contributed by atoms with Crippen LogP contribution in [0.5, 0.6) is 0 Å². The van der Waals surface area contributed by atoms with Gasteiger partial charge in [0, 0.05) is 19.4 Å². The van der Waals surface area contributed by atoms with Gasteiger partial charge in [0.25, 0.3) is 0 Å². The van der Waals surface area contributed by atoms with Gasteiger partial charge in [-0.15, -0.1) is 0 Å². The van der Waals surface area contributed by atoms with Crippen LogP contribution < -0.4 is 5.73 Å². The van der Waals surface area contributed by atoms with Gasteiger partial charge in [0.05, 0.1) is 5.56 Å². The minimum Gasteiger partial charge on any atom is -0.388 e. The zero-order chi connectivity index (χ0) is 12.8. The fourth-order valence-electron chi connectivity index (χ4n) is 0.957. The Morgan fingerprint density at radius 3 is 2.82 bits per heavy atom. The molecule has 0 atom stereocenters. The number of rotatable bonds is 3. The maximum absolute atomic E-state index is 11.4. The smallest absolute Gasteiger partial charge is 0.347 e. The number of ether oxygens (including phenoxy) is 1. The molecular formula is C10H12N4O3. The van der Waals surface area contributed by atoms with E-state index in [-0.39, 0.29) is 18.1 Å². The van der Waals surface area contributed by atoms with Gasteiger partial charge in [-0.2, -0.15) is 0 Å². The number of pyridine rings is 1. The highest BCUT2D eigenvalue weighted by Crippen LogP contribution is 1.99. The number of esters is 2. The van der Waals surface area contributed by atoms with Crippen molar-refractivity contribution < 1.29 is 14.3 Å². The van der Waals surface area contributed by atoms with Crippen molar-refractivity contribution in [1.82, 2.24) is 9.88 Å². The van der Waals surface area contributed by atoms with Gasteiger partial charge in [0.2, 0.25) is 0 Å². The SMILES string of the molecule is CN(CC(=O)OC(=O)c1cccnc1)C(=N)N. The van der Waals surface area contributed by atoms with E-state index in [0.717, 1.165) is 4.90 Å². The Labute approximate surface area is 97.7 Å². The molecule has 0 aromatic carbocycles. The first-order chi connectivity index (χ1) is 8.00. The molecule has 17 heavy (non-hydrogen) atoms. The molecule has 1 aromatic rings. The summed E-state index contributed by atoms with van der Waals surface area (Å²) in [6.45, 7) is -0.263. The van der Waals surface area contributed by atoms with Crippen LogP contribution in [0.25, 0.3) is 0 Å². The summed E-state index contributed by atoms with van der Waals surface area (Å²) in [5, 5.41) is 7.04. The van der Waals surface area contributed by atoms with E-state index in [1.165, 1.54) is 25.5 Å². The Bertz CT molecular complexity index is 432. The fourth-order valence-corrected chi connectivity index (χ4v) is 0.957. The molecule has 0 radical (unpaired) electrons. The lowest BCUT2D eigenvalue weighted by Gasteiger charge is -2.14.